The first kappa shape index (κ1) is 12.6. The summed E-state index contributed by atoms with van der Waals surface area (Å²) in [5.41, 5.74) is 0.849. The number of carbonyl (C=O) groups excluding carboxylic acids is 1. The molecule has 0 saturated carbocycles. The second-order valence-electron chi connectivity index (χ2n) is 3.49. The van der Waals surface area contributed by atoms with Crippen LogP contribution >= 0.6 is 11.8 Å². The molecule has 0 saturated heterocycles. The molecule has 0 bridgehead atoms. The van der Waals surface area contributed by atoms with Crippen LogP contribution in [0.4, 0.5) is 0 Å². The van der Waals surface area contributed by atoms with Gasteiger partial charge in [-0.2, -0.15) is 4.68 Å². The molecule has 0 unspecified atom stereocenters. The monoisotopic (exact) mass is 264 g/mol. The van der Waals surface area contributed by atoms with Crippen molar-refractivity contribution < 1.29 is 9.53 Å². The molecule has 0 fully saturated rings. The summed E-state index contributed by atoms with van der Waals surface area (Å²) in [5.74, 6) is -0.303. The third-order valence-electron chi connectivity index (χ3n) is 2.26. The summed E-state index contributed by atoms with van der Waals surface area (Å²) in [4.78, 5) is 11.4. The van der Waals surface area contributed by atoms with E-state index >= 15 is 0 Å². The number of nitrogens with zero attached hydrogens (tertiary/aromatic N) is 4. The highest BCUT2D eigenvalue weighted by Gasteiger charge is 2.19. The zero-order chi connectivity index (χ0) is 13.0. The van der Waals surface area contributed by atoms with E-state index in [4.69, 9.17) is 0 Å². The van der Waals surface area contributed by atoms with E-state index in [9.17, 15) is 4.79 Å². The highest BCUT2D eigenvalue weighted by molar-refractivity contribution is 8.00. The van der Waals surface area contributed by atoms with Crippen LogP contribution < -0.4 is 0 Å². The van der Waals surface area contributed by atoms with Crippen LogP contribution in [-0.2, 0) is 9.53 Å². The molecule has 0 amide bonds. The minimum atomic E-state index is -0.358. The Bertz CT molecular complexity index is 529. The number of tetrazole rings is 1. The lowest BCUT2D eigenvalue weighted by Crippen LogP contribution is -2.15. The van der Waals surface area contributed by atoms with Crippen molar-refractivity contribution in [3.63, 3.8) is 0 Å². The maximum atomic E-state index is 11.4. The predicted octanol–water partition coefficient (Wildman–Crippen LogP) is 1.32. The number of carbonyl (C=O) groups is 1. The van der Waals surface area contributed by atoms with E-state index < -0.39 is 0 Å². The largest absolute Gasteiger partial charge is 0.468 e. The first-order valence-corrected chi connectivity index (χ1v) is 6.18. The van der Waals surface area contributed by atoms with Crippen molar-refractivity contribution in [2.45, 2.75) is 17.3 Å². The third kappa shape index (κ3) is 2.67. The Kier molecular flexibility index (Phi) is 3.93. The van der Waals surface area contributed by atoms with E-state index in [1.165, 1.54) is 18.9 Å². The minimum absolute atomic E-state index is 0.303. The molecule has 1 heterocycles. The summed E-state index contributed by atoms with van der Waals surface area (Å²) in [6.45, 7) is 1.75. The lowest BCUT2D eigenvalue weighted by atomic mass is 10.3. The third-order valence-corrected chi connectivity index (χ3v) is 3.27. The molecule has 0 radical (unpaired) electrons. The maximum absolute atomic E-state index is 11.4. The highest BCUT2D eigenvalue weighted by atomic mass is 32.2. The second-order valence-corrected chi connectivity index (χ2v) is 4.80. The number of methoxy groups -OCH3 is 1. The lowest BCUT2D eigenvalue weighted by molar-refractivity contribution is -0.139. The molecule has 0 aliphatic carbocycles. The molecule has 18 heavy (non-hydrogen) atoms. The van der Waals surface area contributed by atoms with Crippen LogP contribution in [0.2, 0.25) is 0 Å². The fourth-order valence-corrected chi connectivity index (χ4v) is 2.19. The van der Waals surface area contributed by atoms with Crippen LogP contribution in [0.25, 0.3) is 5.69 Å². The topological polar surface area (TPSA) is 69.9 Å². The number of thioether (sulfide) groups is 1. The second kappa shape index (κ2) is 5.63. The van der Waals surface area contributed by atoms with E-state index in [0.29, 0.717) is 5.16 Å². The number of aromatic nitrogens is 4. The molecule has 7 heteroatoms. The predicted molar refractivity (Wildman–Crippen MR) is 66.5 cm³/mol. The summed E-state index contributed by atoms with van der Waals surface area (Å²) >= 11 is 1.26. The number of esters is 1. The van der Waals surface area contributed by atoms with Crippen molar-refractivity contribution in [3.8, 4) is 5.69 Å². The van der Waals surface area contributed by atoms with Gasteiger partial charge in [0.2, 0.25) is 5.16 Å². The van der Waals surface area contributed by atoms with E-state index in [1.54, 1.807) is 11.6 Å². The van der Waals surface area contributed by atoms with Gasteiger partial charge in [-0.3, -0.25) is 4.79 Å². The van der Waals surface area contributed by atoms with Crippen LogP contribution in [0.1, 0.15) is 6.92 Å². The molecule has 0 N–H and O–H groups in total. The fourth-order valence-electron chi connectivity index (χ4n) is 1.36. The van der Waals surface area contributed by atoms with Crippen molar-refractivity contribution in [3.05, 3.63) is 30.3 Å². The Labute approximate surface area is 108 Å². The number of hydrogen-bond donors (Lipinski definition) is 0. The molecule has 0 aliphatic rings. The highest BCUT2D eigenvalue weighted by Crippen LogP contribution is 2.23. The molecule has 1 aromatic heterocycles. The molecule has 2 aromatic rings. The van der Waals surface area contributed by atoms with Crippen molar-refractivity contribution in [2.24, 2.45) is 0 Å². The summed E-state index contributed by atoms with van der Waals surface area (Å²) in [5, 5.41) is 11.6. The average Bonchev–Trinajstić information content (AvgIpc) is 2.86. The smallest absolute Gasteiger partial charge is 0.318 e. The van der Waals surface area contributed by atoms with Gasteiger partial charge in [-0.25, -0.2) is 0 Å². The van der Waals surface area contributed by atoms with Crippen LogP contribution in [0, 0.1) is 0 Å². The van der Waals surface area contributed by atoms with Gasteiger partial charge >= 0.3 is 5.97 Å². The van der Waals surface area contributed by atoms with Gasteiger partial charge in [0.1, 0.15) is 5.25 Å². The molecule has 1 aromatic carbocycles. The van der Waals surface area contributed by atoms with Gasteiger partial charge in [0.05, 0.1) is 12.8 Å². The molecule has 1 atom stereocenters. The van der Waals surface area contributed by atoms with Gasteiger partial charge in [-0.15, -0.1) is 5.10 Å². The van der Waals surface area contributed by atoms with Crippen molar-refractivity contribution in [2.75, 3.05) is 7.11 Å². The number of para-hydroxylation sites is 1. The van der Waals surface area contributed by atoms with Crippen LogP contribution in [0.5, 0.6) is 0 Å². The number of rotatable bonds is 4. The van der Waals surface area contributed by atoms with E-state index in [-0.39, 0.29) is 11.2 Å². The molecule has 2 rings (SSSR count). The Morgan fingerprint density at radius 2 is 2.11 bits per heavy atom. The van der Waals surface area contributed by atoms with Gasteiger partial charge in [-0.05, 0) is 29.5 Å². The quantitative estimate of drug-likeness (QED) is 0.612. The van der Waals surface area contributed by atoms with Gasteiger partial charge in [0.25, 0.3) is 0 Å². The Morgan fingerprint density at radius 1 is 1.39 bits per heavy atom. The van der Waals surface area contributed by atoms with Crippen molar-refractivity contribution in [1.82, 2.24) is 20.2 Å². The Morgan fingerprint density at radius 3 is 2.78 bits per heavy atom. The molecular weight excluding hydrogens is 252 g/mol. The fraction of sp³-hybridized carbons (Fsp3) is 0.273. The summed E-state index contributed by atoms with van der Waals surface area (Å²) in [6, 6.07) is 9.49. The maximum Gasteiger partial charge on any atom is 0.318 e. The number of ether oxygens (including phenoxy) is 1. The van der Waals surface area contributed by atoms with Gasteiger partial charge in [0.15, 0.2) is 0 Å². The lowest BCUT2D eigenvalue weighted by Gasteiger charge is -2.08. The molecular formula is C11H12N4O2S. The minimum Gasteiger partial charge on any atom is -0.468 e. The normalized spacial score (nSPS) is 12.1. The van der Waals surface area contributed by atoms with Crippen LogP contribution in [-0.4, -0.2) is 38.5 Å². The van der Waals surface area contributed by atoms with E-state index in [0.717, 1.165) is 5.69 Å². The molecule has 6 nitrogen and oxygen atoms in total. The zero-order valence-corrected chi connectivity index (χ0v) is 10.8. The number of benzene rings is 1. The van der Waals surface area contributed by atoms with Crippen LogP contribution in [0.3, 0.4) is 0 Å². The first-order valence-electron chi connectivity index (χ1n) is 5.30. The van der Waals surface area contributed by atoms with Crippen molar-refractivity contribution in [1.29, 1.82) is 0 Å². The van der Waals surface area contributed by atoms with Crippen LogP contribution in [0.15, 0.2) is 35.5 Å². The molecule has 0 spiro atoms. The van der Waals surface area contributed by atoms with Crippen molar-refractivity contribution >= 4 is 17.7 Å². The van der Waals surface area contributed by atoms with E-state index in [2.05, 4.69) is 20.3 Å². The van der Waals surface area contributed by atoms with Gasteiger partial charge in [-0.1, -0.05) is 30.0 Å². The molecule has 94 valence electrons. The first-order chi connectivity index (χ1) is 8.72. The zero-order valence-electron chi connectivity index (χ0n) is 9.98. The number of hydrogen-bond acceptors (Lipinski definition) is 6. The summed E-state index contributed by atoms with van der Waals surface area (Å²) < 4.78 is 6.26. The van der Waals surface area contributed by atoms with Gasteiger partial charge < -0.3 is 4.74 Å². The average molecular weight is 264 g/mol. The Balaban J connectivity index is 2.21. The SMILES string of the molecule is COC(=O)[C@@H](C)Sc1nnnn1-c1ccccc1. The van der Waals surface area contributed by atoms with E-state index in [1.807, 2.05) is 30.3 Å². The molecule has 0 aliphatic heterocycles. The Hall–Kier alpha value is -1.89. The summed E-state index contributed by atoms with van der Waals surface area (Å²) in [6.07, 6.45) is 0. The summed E-state index contributed by atoms with van der Waals surface area (Å²) in [7, 11) is 1.36. The standard InChI is InChI=1S/C11H12N4O2S/c1-8(10(16)17-2)18-11-12-13-14-15(11)9-6-4-3-5-7-9/h3-8H,1-2H3/t8-/m1/s1. The van der Waals surface area contributed by atoms with Gasteiger partial charge in [0, 0.05) is 0 Å².